The topological polar surface area (TPSA) is 90.7 Å². The van der Waals surface area contributed by atoms with Gasteiger partial charge in [-0.1, -0.05) is 0 Å². The van der Waals surface area contributed by atoms with E-state index in [-0.39, 0.29) is 12.7 Å². The van der Waals surface area contributed by atoms with Crippen LogP contribution in [0.25, 0.3) is 0 Å². The van der Waals surface area contributed by atoms with Crippen molar-refractivity contribution in [3.63, 3.8) is 0 Å². The number of rotatable bonds is 8. The number of aliphatic hydroxyl groups is 1. The molecule has 0 saturated carbocycles. The van der Waals surface area contributed by atoms with Gasteiger partial charge < -0.3 is 26.0 Å². The van der Waals surface area contributed by atoms with Crippen molar-refractivity contribution in [1.82, 2.24) is 0 Å². The van der Waals surface area contributed by atoms with Crippen molar-refractivity contribution in [1.29, 1.82) is 0 Å². The van der Waals surface area contributed by atoms with Crippen molar-refractivity contribution in [2.75, 3.05) is 39.5 Å². The molecule has 0 bridgehead atoms. The molecular formula is C7H18N2O3. The van der Waals surface area contributed by atoms with Crippen LogP contribution in [0.5, 0.6) is 0 Å². The Morgan fingerprint density at radius 1 is 1.08 bits per heavy atom. The third-order valence-electron chi connectivity index (χ3n) is 1.34. The summed E-state index contributed by atoms with van der Waals surface area (Å²) in [6.07, 6.45) is -0.0808. The van der Waals surface area contributed by atoms with Gasteiger partial charge in [-0.2, -0.15) is 0 Å². The first-order chi connectivity index (χ1) is 5.85. The van der Waals surface area contributed by atoms with Crippen LogP contribution in [-0.2, 0) is 9.47 Å². The first kappa shape index (κ1) is 11.8. The van der Waals surface area contributed by atoms with E-state index in [1.165, 1.54) is 0 Å². The van der Waals surface area contributed by atoms with Crippen LogP contribution in [0.3, 0.4) is 0 Å². The molecule has 0 aliphatic heterocycles. The van der Waals surface area contributed by atoms with Gasteiger partial charge in [0.1, 0.15) is 0 Å². The minimum Gasteiger partial charge on any atom is -0.394 e. The maximum Gasteiger partial charge on any atom is 0.0820 e. The molecule has 0 rings (SSSR count). The highest BCUT2D eigenvalue weighted by Gasteiger charge is 2.02. The van der Waals surface area contributed by atoms with Crippen molar-refractivity contribution in [2.24, 2.45) is 11.5 Å². The minimum atomic E-state index is -0.0808. The fraction of sp³-hybridized carbons (Fsp3) is 1.00. The largest absolute Gasteiger partial charge is 0.394 e. The van der Waals surface area contributed by atoms with Crippen LogP contribution in [0.4, 0.5) is 0 Å². The van der Waals surface area contributed by atoms with Gasteiger partial charge in [-0.15, -0.1) is 0 Å². The smallest absolute Gasteiger partial charge is 0.0820 e. The lowest BCUT2D eigenvalue weighted by Crippen LogP contribution is -2.32. The van der Waals surface area contributed by atoms with Crippen LogP contribution in [0, 0.1) is 0 Å². The molecule has 5 nitrogen and oxygen atoms in total. The molecule has 0 saturated heterocycles. The summed E-state index contributed by atoms with van der Waals surface area (Å²) in [4.78, 5) is 0. The Balaban J connectivity index is 3.06. The van der Waals surface area contributed by atoms with E-state index in [1.54, 1.807) is 0 Å². The van der Waals surface area contributed by atoms with Gasteiger partial charge in [0.25, 0.3) is 0 Å². The molecule has 0 aromatic rings. The van der Waals surface area contributed by atoms with E-state index in [4.69, 9.17) is 26.0 Å². The second-order valence-corrected chi connectivity index (χ2v) is 2.30. The molecule has 0 heterocycles. The Bertz CT molecular complexity index is 88.7. The lowest BCUT2D eigenvalue weighted by atomic mass is 10.4. The summed E-state index contributed by atoms with van der Waals surface area (Å²) in [6, 6.07) is 0. The lowest BCUT2D eigenvalue weighted by Gasteiger charge is -2.13. The lowest BCUT2D eigenvalue weighted by molar-refractivity contribution is 0.00407. The van der Waals surface area contributed by atoms with Crippen LogP contribution < -0.4 is 11.5 Å². The summed E-state index contributed by atoms with van der Waals surface area (Å²) >= 11 is 0. The average molecular weight is 178 g/mol. The molecule has 0 aromatic heterocycles. The van der Waals surface area contributed by atoms with Crippen molar-refractivity contribution in [2.45, 2.75) is 6.10 Å². The monoisotopic (exact) mass is 178 g/mol. The summed E-state index contributed by atoms with van der Waals surface area (Å²) in [6.45, 7) is 2.18. The minimum absolute atomic E-state index is 0.0389. The number of aliphatic hydroxyl groups excluding tert-OH is 1. The molecule has 0 aliphatic rings. The highest BCUT2D eigenvalue weighted by atomic mass is 16.5. The maximum absolute atomic E-state index is 8.36. The summed E-state index contributed by atoms with van der Waals surface area (Å²) in [5.41, 5.74) is 10.7. The maximum atomic E-state index is 8.36. The van der Waals surface area contributed by atoms with E-state index in [2.05, 4.69) is 0 Å². The van der Waals surface area contributed by atoms with Crippen LogP contribution >= 0.6 is 0 Å². The van der Waals surface area contributed by atoms with Gasteiger partial charge in [-0.3, -0.25) is 0 Å². The second-order valence-electron chi connectivity index (χ2n) is 2.30. The van der Waals surface area contributed by atoms with Crippen LogP contribution in [0.1, 0.15) is 0 Å². The number of ether oxygens (including phenoxy) is 2. The molecule has 0 fully saturated rings. The van der Waals surface area contributed by atoms with Gasteiger partial charge in [-0.05, 0) is 0 Å². The Labute approximate surface area is 72.6 Å². The van der Waals surface area contributed by atoms with Crippen LogP contribution in [0.2, 0.25) is 0 Å². The SMILES string of the molecule is NCC(CN)OCCOCCO. The Morgan fingerprint density at radius 2 is 1.75 bits per heavy atom. The standard InChI is InChI=1S/C7H18N2O3/c8-5-7(6-9)12-4-3-11-2-1-10/h7,10H,1-6,8-9H2. The van der Waals surface area contributed by atoms with E-state index in [0.717, 1.165) is 0 Å². The molecule has 5 N–H and O–H groups in total. The summed E-state index contributed by atoms with van der Waals surface area (Å²) in [7, 11) is 0. The first-order valence-corrected chi connectivity index (χ1v) is 4.05. The molecule has 0 atom stereocenters. The van der Waals surface area contributed by atoms with E-state index in [0.29, 0.717) is 32.9 Å². The Kier molecular flexibility index (Phi) is 8.74. The van der Waals surface area contributed by atoms with Gasteiger partial charge in [-0.25, -0.2) is 0 Å². The van der Waals surface area contributed by atoms with Crippen LogP contribution in [0.15, 0.2) is 0 Å². The first-order valence-electron chi connectivity index (χ1n) is 4.05. The molecule has 0 amide bonds. The summed E-state index contributed by atoms with van der Waals surface area (Å²) in [5.74, 6) is 0. The zero-order valence-electron chi connectivity index (χ0n) is 7.24. The quantitative estimate of drug-likeness (QED) is 0.385. The van der Waals surface area contributed by atoms with Gasteiger partial charge in [0.05, 0.1) is 32.5 Å². The molecule has 5 heteroatoms. The van der Waals surface area contributed by atoms with Crippen molar-refractivity contribution in [3.8, 4) is 0 Å². The van der Waals surface area contributed by atoms with Gasteiger partial charge in [0, 0.05) is 13.1 Å². The molecule has 0 aliphatic carbocycles. The fourth-order valence-corrected chi connectivity index (χ4v) is 0.673. The molecule has 12 heavy (non-hydrogen) atoms. The van der Waals surface area contributed by atoms with Gasteiger partial charge >= 0.3 is 0 Å². The summed E-state index contributed by atoms with van der Waals surface area (Å²) < 4.78 is 10.2. The third kappa shape index (κ3) is 6.51. The Morgan fingerprint density at radius 3 is 2.25 bits per heavy atom. The zero-order valence-corrected chi connectivity index (χ0v) is 7.24. The van der Waals surface area contributed by atoms with Gasteiger partial charge in [0.2, 0.25) is 0 Å². The number of nitrogens with two attached hydrogens (primary N) is 2. The predicted octanol–water partition coefficient (Wildman–Crippen LogP) is -1.70. The second kappa shape index (κ2) is 8.89. The van der Waals surface area contributed by atoms with Crippen molar-refractivity contribution < 1.29 is 14.6 Å². The number of hydrogen-bond donors (Lipinski definition) is 3. The molecule has 74 valence electrons. The predicted molar refractivity (Wildman–Crippen MR) is 45.8 cm³/mol. The molecular weight excluding hydrogens is 160 g/mol. The number of hydrogen-bond acceptors (Lipinski definition) is 5. The molecule has 0 spiro atoms. The molecule has 0 unspecified atom stereocenters. The van der Waals surface area contributed by atoms with E-state index >= 15 is 0 Å². The fourth-order valence-electron chi connectivity index (χ4n) is 0.673. The normalized spacial score (nSPS) is 11.0. The van der Waals surface area contributed by atoms with E-state index in [1.807, 2.05) is 0 Å². The highest BCUT2D eigenvalue weighted by molar-refractivity contribution is 4.57. The van der Waals surface area contributed by atoms with Gasteiger partial charge in [0.15, 0.2) is 0 Å². The van der Waals surface area contributed by atoms with E-state index < -0.39 is 0 Å². The summed E-state index contributed by atoms with van der Waals surface area (Å²) in [5, 5.41) is 8.36. The van der Waals surface area contributed by atoms with Crippen LogP contribution in [-0.4, -0.2) is 50.7 Å². The van der Waals surface area contributed by atoms with E-state index in [9.17, 15) is 0 Å². The third-order valence-corrected chi connectivity index (χ3v) is 1.34. The zero-order chi connectivity index (χ0) is 9.23. The average Bonchev–Trinajstić information content (AvgIpc) is 2.11. The molecule has 0 aromatic carbocycles. The van der Waals surface area contributed by atoms with Crippen molar-refractivity contribution in [3.05, 3.63) is 0 Å². The Hall–Kier alpha value is -0.200. The molecule has 0 radical (unpaired) electrons. The highest BCUT2D eigenvalue weighted by Crippen LogP contribution is 1.86. The van der Waals surface area contributed by atoms with Crippen molar-refractivity contribution >= 4 is 0 Å².